The fraction of sp³-hybridized carbons (Fsp3) is 0.526. The first kappa shape index (κ1) is 16.0. The number of nitrogens with one attached hydrogen (secondary N) is 1. The van der Waals surface area contributed by atoms with E-state index < -0.39 is 0 Å². The van der Waals surface area contributed by atoms with Gasteiger partial charge in [-0.15, -0.1) is 0 Å². The zero-order chi connectivity index (χ0) is 15.1. The summed E-state index contributed by atoms with van der Waals surface area (Å²) in [6.45, 7) is 7.86. The molecule has 1 aromatic carbocycles. The molecule has 2 heteroatoms. The number of aromatic nitrogens is 1. The third-order valence-electron chi connectivity index (χ3n) is 3.95. The van der Waals surface area contributed by atoms with E-state index in [1.165, 1.54) is 35.7 Å². The lowest BCUT2D eigenvalue weighted by Crippen LogP contribution is -2.23. The van der Waals surface area contributed by atoms with Crippen LogP contribution in [0.3, 0.4) is 0 Å². The van der Waals surface area contributed by atoms with Gasteiger partial charge < -0.3 is 5.32 Å². The average Bonchev–Trinajstić information content (AvgIpc) is 2.50. The van der Waals surface area contributed by atoms with E-state index in [1.807, 2.05) is 6.20 Å². The molecule has 0 bridgehead atoms. The lowest BCUT2D eigenvalue weighted by atomic mass is 9.98. The van der Waals surface area contributed by atoms with Crippen LogP contribution in [0.15, 0.2) is 36.5 Å². The van der Waals surface area contributed by atoms with Crippen LogP contribution in [0.4, 0.5) is 0 Å². The van der Waals surface area contributed by atoms with Crippen LogP contribution in [-0.4, -0.2) is 11.5 Å². The van der Waals surface area contributed by atoms with Gasteiger partial charge in [-0.3, -0.25) is 4.98 Å². The number of hydrogen-bond donors (Lipinski definition) is 1. The Morgan fingerprint density at radius 1 is 1.10 bits per heavy atom. The molecule has 0 aliphatic carbocycles. The van der Waals surface area contributed by atoms with Crippen molar-refractivity contribution in [1.29, 1.82) is 0 Å². The Hall–Kier alpha value is -1.41. The smallest absolute Gasteiger partial charge is 0.0651 e. The average molecular weight is 284 g/mol. The van der Waals surface area contributed by atoms with Gasteiger partial charge in [0.15, 0.2) is 0 Å². The molecule has 0 amide bonds. The highest BCUT2D eigenvalue weighted by Gasteiger charge is 2.15. The third kappa shape index (κ3) is 4.53. The molecule has 114 valence electrons. The van der Waals surface area contributed by atoms with E-state index in [-0.39, 0.29) is 0 Å². The monoisotopic (exact) mass is 284 g/mol. The molecule has 2 rings (SSSR count). The Morgan fingerprint density at radius 2 is 1.90 bits per heavy atom. The highest BCUT2D eigenvalue weighted by Crippen LogP contribution is 2.26. The number of rotatable bonds is 8. The molecule has 0 fully saturated rings. The van der Waals surface area contributed by atoms with Crippen molar-refractivity contribution in [3.05, 3.63) is 42.2 Å². The highest BCUT2D eigenvalue weighted by atomic mass is 14.9. The maximum Gasteiger partial charge on any atom is 0.0651 e. The second-order valence-corrected chi connectivity index (χ2v) is 6.25. The Labute approximate surface area is 129 Å². The molecule has 1 unspecified atom stereocenters. The van der Waals surface area contributed by atoms with Gasteiger partial charge in [0.2, 0.25) is 0 Å². The fourth-order valence-electron chi connectivity index (χ4n) is 2.80. The first-order valence-corrected chi connectivity index (χ1v) is 8.29. The fourth-order valence-corrected chi connectivity index (χ4v) is 2.80. The molecule has 2 aromatic rings. The predicted molar refractivity (Wildman–Crippen MR) is 91.5 cm³/mol. The van der Waals surface area contributed by atoms with E-state index in [1.54, 1.807) is 0 Å². The quantitative estimate of drug-likeness (QED) is 0.729. The standard InChI is InChI=1S/C19H28N2/c1-4-13-20-18(11-7-8-15(2)3)19-17-10-6-5-9-16(17)12-14-21-19/h5-6,9-10,12,14-15,18,20H,4,7-8,11,13H2,1-3H3. The Balaban J connectivity index is 2.20. The molecule has 21 heavy (non-hydrogen) atoms. The van der Waals surface area contributed by atoms with E-state index >= 15 is 0 Å². The van der Waals surface area contributed by atoms with Crippen LogP contribution in [0.1, 0.15) is 58.2 Å². The largest absolute Gasteiger partial charge is 0.309 e. The van der Waals surface area contributed by atoms with Crippen molar-refractivity contribution in [3.63, 3.8) is 0 Å². The van der Waals surface area contributed by atoms with E-state index in [4.69, 9.17) is 4.98 Å². The van der Waals surface area contributed by atoms with E-state index in [9.17, 15) is 0 Å². The molecule has 1 heterocycles. The van der Waals surface area contributed by atoms with Crippen LogP contribution < -0.4 is 5.32 Å². The van der Waals surface area contributed by atoms with Crippen LogP contribution in [0.25, 0.3) is 10.8 Å². The molecule has 0 aliphatic heterocycles. The molecule has 0 saturated heterocycles. The van der Waals surface area contributed by atoms with Crippen LogP contribution in [-0.2, 0) is 0 Å². The topological polar surface area (TPSA) is 24.9 Å². The predicted octanol–water partition coefficient (Wildman–Crippen LogP) is 5.10. The maximum absolute atomic E-state index is 4.70. The number of fused-ring (bicyclic) bond motifs is 1. The molecule has 0 spiro atoms. The summed E-state index contributed by atoms with van der Waals surface area (Å²) in [6, 6.07) is 11.0. The van der Waals surface area contributed by atoms with Crippen molar-refractivity contribution in [3.8, 4) is 0 Å². The van der Waals surface area contributed by atoms with Gasteiger partial charge in [-0.1, -0.05) is 57.9 Å². The van der Waals surface area contributed by atoms with Crippen molar-refractivity contribution < 1.29 is 0 Å². The van der Waals surface area contributed by atoms with Gasteiger partial charge in [-0.05, 0) is 36.8 Å². The summed E-state index contributed by atoms with van der Waals surface area (Å²) >= 11 is 0. The summed E-state index contributed by atoms with van der Waals surface area (Å²) in [5.41, 5.74) is 1.21. The summed E-state index contributed by atoms with van der Waals surface area (Å²) in [5.74, 6) is 0.775. The molecule has 1 aromatic heterocycles. The Kier molecular flexibility index (Phi) is 6.19. The number of benzene rings is 1. The van der Waals surface area contributed by atoms with Crippen molar-refractivity contribution in [1.82, 2.24) is 10.3 Å². The SMILES string of the molecule is CCCNC(CCCC(C)C)c1nccc2ccccc12. The van der Waals surface area contributed by atoms with E-state index in [2.05, 4.69) is 56.4 Å². The summed E-state index contributed by atoms with van der Waals surface area (Å²) in [7, 11) is 0. The normalized spacial score (nSPS) is 13.0. The molecular formula is C19H28N2. The minimum atomic E-state index is 0.370. The summed E-state index contributed by atoms with van der Waals surface area (Å²) < 4.78 is 0. The zero-order valence-corrected chi connectivity index (χ0v) is 13.6. The molecule has 1 atom stereocenters. The highest BCUT2D eigenvalue weighted by molar-refractivity contribution is 5.84. The van der Waals surface area contributed by atoms with Crippen molar-refractivity contribution in [2.45, 2.75) is 52.5 Å². The number of pyridine rings is 1. The minimum Gasteiger partial charge on any atom is -0.309 e. The Bertz CT molecular complexity index is 543. The molecule has 0 saturated carbocycles. The van der Waals surface area contributed by atoms with Crippen LogP contribution in [0.2, 0.25) is 0 Å². The van der Waals surface area contributed by atoms with Crippen LogP contribution in [0, 0.1) is 5.92 Å². The van der Waals surface area contributed by atoms with Gasteiger partial charge in [0.25, 0.3) is 0 Å². The Morgan fingerprint density at radius 3 is 2.67 bits per heavy atom. The summed E-state index contributed by atoms with van der Waals surface area (Å²) in [5, 5.41) is 6.27. The first-order valence-electron chi connectivity index (χ1n) is 8.29. The van der Waals surface area contributed by atoms with Crippen LogP contribution in [0.5, 0.6) is 0 Å². The maximum atomic E-state index is 4.70. The van der Waals surface area contributed by atoms with Gasteiger partial charge in [-0.2, -0.15) is 0 Å². The van der Waals surface area contributed by atoms with Gasteiger partial charge in [0.05, 0.1) is 11.7 Å². The van der Waals surface area contributed by atoms with Gasteiger partial charge >= 0.3 is 0 Å². The molecule has 2 nitrogen and oxygen atoms in total. The molecular weight excluding hydrogens is 256 g/mol. The second kappa shape index (κ2) is 8.14. The summed E-state index contributed by atoms with van der Waals surface area (Å²) in [4.78, 5) is 4.70. The molecule has 1 N–H and O–H groups in total. The van der Waals surface area contributed by atoms with Crippen molar-refractivity contribution in [2.75, 3.05) is 6.54 Å². The minimum absolute atomic E-state index is 0.370. The van der Waals surface area contributed by atoms with E-state index in [0.29, 0.717) is 6.04 Å². The van der Waals surface area contributed by atoms with Gasteiger partial charge in [0.1, 0.15) is 0 Å². The number of nitrogens with zero attached hydrogens (tertiary/aromatic N) is 1. The molecule has 0 aliphatic rings. The lowest BCUT2D eigenvalue weighted by Gasteiger charge is -2.20. The van der Waals surface area contributed by atoms with Crippen molar-refractivity contribution >= 4 is 10.8 Å². The zero-order valence-electron chi connectivity index (χ0n) is 13.6. The third-order valence-corrected chi connectivity index (χ3v) is 3.95. The second-order valence-electron chi connectivity index (χ2n) is 6.25. The first-order chi connectivity index (χ1) is 10.2. The van der Waals surface area contributed by atoms with E-state index in [0.717, 1.165) is 18.9 Å². The van der Waals surface area contributed by atoms with Gasteiger partial charge in [0, 0.05) is 11.6 Å². The van der Waals surface area contributed by atoms with Gasteiger partial charge in [-0.25, -0.2) is 0 Å². The van der Waals surface area contributed by atoms with Crippen molar-refractivity contribution in [2.24, 2.45) is 5.92 Å². The number of hydrogen-bond acceptors (Lipinski definition) is 2. The lowest BCUT2D eigenvalue weighted by molar-refractivity contribution is 0.443. The summed E-state index contributed by atoms with van der Waals surface area (Å²) in [6.07, 6.45) is 6.81. The molecule has 0 radical (unpaired) electrons. The van der Waals surface area contributed by atoms with Crippen LogP contribution >= 0.6 is 0 Å².